The van der Waals surface area contributed by atoms with Crippen LogP contribution in [0.3, 0.4) is 0 Å². The normalized spacial score (nSPS) is 16.6. The highest BCUT2D eigenvalue weighted by Crippen LogP contribution is 2.36. The molecule has 148 valence electrons. The molecule has 0 aliphatic carbocycles. The van der Waals surface area contributed by atoms with Gasteiger partial charge in [0.1, 0.15) is 11.9 Å². The molecule has 1 aliphatic heterocycles. The third-order valence-electron chi connectivity index (χ3n) is 3.96. The SMILES string of the molecule is CCOCC1=C(C(=O)OCC)C(c2ccc(F)cc2Cl)N=C(c2nccs2)N1. The van der Waals surface area contributed by atoms with Gasteiger partial charge in [-0.3, -0.25) is 4.99 Å². The molecular weight excluding hydrogens is 405 g/mol. The van der Waals surface area contributed by atoms with Crippen LogP contribution >= 0.6 is 22.9 Å². The number of esters is 1. The predicted octanol–water partition coefficient (Wildman–Crippen LogP) is 3.88. The van der Waals surface area contributed by atoms with Crippen LogP contribution in [0.2, 0.25) is 5.02 Å². The van der Waals surface area contributed by atoms with Crippen molar-refractivity contribution >= 4 is 34.7 Å². The molecule has 9 heteroatoms. The number of amidine groups is 1. The van der Waals surface area contributed by atoms with Crippen LogP contribution in [0.1, 0.15) is 30.5 Å². The molecule has 1 atom stereocenters. The van der Waals surface area contributed by atoms with Crippen molar-refractivity contribution in [3.05, 3.63) is 62.5 Å². The largest absolute Gasteiger partial charge is 0.463 e. The van der Waals surface area contributed by atoms with Crippen LogP contribution in [0.4, 0.5) is 4.39 Å². The van der Waals surface area contributed by atoms with Crippen LogP contribution in [-0.2, 0) is 14.3 Å². The maximum Gasteiger partial charge on any atom is 0.338 e. The van der Waals surface area contributed by atoms with E-state index in [0.29, 0.717) is 28.7 Å². The fraction of sp³-hybridized carbons (Fsp3) is 0.316. The smallest absolute Gasteiger partial charge is 0.338 e. The van der Waals surface area contributed by atoms with E-state index in [0.717, 1.165) is 0 Å². The Hall–Kier alpha value is -2.29. The lowest BCUT2D eigenvalue weighted by molar-refractivity contribution is -0.139. The molecule has 1 unspecified atom stereocenters. The highest BCUT2D eigenvalue weighted by atomic mass is 35.5. The van der Waals surface area contributed by atoms with E-state index in [4.69, 9.17) is 21.1 Å². The molecule has 0 fully saturated rings. The van der Waals surface area contributed by atoms with Crippen molar-refractivity contribution in [2.75, 3.05) is 19.8 Å². The molecule has 0 spiro atoms. The minimum Gasteiger partial charge on any atom is -0.463 e. The summed E-state index contributed by atoms with van der Waals surface area (Å²) >= 11 is 7.69. The summed E-state index contributed by atoms with van der Waals surface area (Å²) in [7, 11) is 0. The van der Waals surface area contributed by atoms with Gasteiger partial charge in [-0.1, -0.05) is 17.7 Å². The zero-order valence-corrected chi connectivity index (χ0v) is 16.9. The number of nitrogens with zero attached hydrogens (tertiary/aromatic N) is 2. The molecule has 1 aromatic carbocycles. The summed E-state index contributed by atoms with van der Waals surface area (Å²) in [6.07, 6.45) is 1.66. The van der Waals surface area contributed by atoms with E-state index in [-0.39, 0.29) is 23.8 Å². The van der Waals surface area contributed by atoms with E-state index in [1.54, 1.807) is 13.1 Å². The standard InChI is InChI=1S/C19H19ClFN3O3S/c1-3-26-10-14-15(19(25)27-4-2)16(12-6-5-11(21)9-13(12)20)24-17(23-14)18-22-7-8-28-18/h5-9,16H,3-4,10H2,1-2H3,(H,23,24). The van der Waals surface area contributed by atoms with Gasteiger partial charge in [-0.25, -0.2) is 14.2 Å². The molecule has 1 aromatic heterocycles. The number of carbonyl (C=O) groups is 1. The lowest BCUT2D eigenvalue weighted by Gasteiger charge is -2.27. The fourth-order valence-electron chi connectivity index (χ4n) is 2.76. The molecule has 2 aromatic rings. The molecule has 0 amide bonds. The van der Waals surface area contributed by atoms with E-state index < -0.39 is 17.8 Å². The van der Waals surface area contributed by atoms with Gasteiger partial charge >= 0.3 is 5.97 Å². The van der Waals surface area contributed by atoms with Gasteiger partial charge in [-0.2, -0.15) is 0 Å². The number of ether oxygens (including phenoxy) is 2. The van der Waals surface area contributed by atoms with Crippen LogP contribution in [-0.4, -0.2) is 36.6 Å². The molecule has 0 bridgehead atoms. The molecule has 28 heavy (non-hydrogen) atoms. The molecule has 2 heterocycles. The Bertz CT molecular complexity index is 915. The van der Waals surface area contributed by atoms with Gasteiger partial charge < -0.3 is 14.8 Å². The second-order valence-electron chi connectivity index (χ2n) is 5.76. The number of thiazole rings is 1. The van der Waals surface area contributed by atoms with E-state index >= 15 is 0 Å². The summed E-state index contributed by atoms with van der Waals surface area (Å²) in [6.45, 7) is 4.41. The minimum atomic E-state index is -0.775. The Morgan fingerprint density at radius 1 is 1.36 bits per heavy atom. The average Bonchev–Trinajstić information content (AvgIpc) is 3.20. The van der Waals surface area contributed by atoms with Gasteiger partial charge in [0.25, 0.3) is 0 Å². The van der Waals surface area contributed by atoms with Gasteiger partial charge in [0.2, 0.25) is 0 Å². The van der Waals surface area contributed by atoms with Crippen LogP contribution in [0.5, 0.6) is 0 Å². The predicted molar refractivity (Wildman–Crippen MR) is 106 cm³/mol. The summed E-state index contributed by atoms with van der Waals surface area (Å²) in [4.78, 5) is 21.7. The zero-order chi connectivity index (χ0) is 20.1. The van der Waals surface area contributed by atoms with Gasteiger partial charge in [0.05, 0.1) is 24.5 Å². The molecule has 3 rings (SSSR count). The van der Waals surface area contributed by atoms with Crippen LogP contribution in [0.15, 0.2) is 46.0 Å². The van der Waals surface area contributed by atoms with Crippen LogP contribution in [0, 0.1) is 5.82 Å². The van der Waals surface area contributed by atoms with E-state index in [1.807, 2.05) is 12.3 Å². The summed E-state index contributed by atoms with van der Waals surface area (Å²) in [5, 5.41) is 5.80. The quantitative estimate of drug-likeness (QED) is 0.684. The molecule has 1 N–H and O–H groups in total. The number of rotatable bonds is 7. The third kappa shape index (κ3) is 4.40. The van der Waals surface area contributed by atoms with Crippen molar-refractivity contribution in [1.82, 2.24) is 10.3 Å². The molecule has 0 saturated heterocycles. The summed E-state index contributed by atoms with van der Waals surface area (Å²) in [6, 6.07) is 3.23. The first-order valence-electron chi connectivity index (χ1n) is 8.72. The van der Waals surface area contributed by atoms with Crippen molar-refractivity contribution in [3.63, 3.8) is 0 Å². The first-order chi connectivity index (χ1) is 13.5. The second kappa shape index (κ2) is 9.27. The van der Waals surface area contributed by atoms with E-state index in [1.165, 1.54) is 29.5 Å². The van der Waals surface area contributed by atoms with Crippen molar-refractivity contribution in [3.8, 4) is 0 Å². The second-order valence-corrected chi connectivity index (χ2v) is 7.06. The lowest BCUT2D eigenvalue weighted by Crippen LogP contribution is -2.35. The number of aliphatic imine (C=N–C) groups is 1. The first kappa shape index (κ1) is 20.4. The Morgan fingerprint density at radius 2 is 2.18 bits per heavy atom. The van der Waals surface area contributed by atoms with E-state index in [2.05, 4.69) is 15.3 Å². The van der Waals surface area contributed by atoms with E-state index in [9.17, 15) is 9.18 Å². The highest BCUT2D eigenvalue weighted by molar-refractivity contribution is 7.11. The fourth-order valence-corrected chi connectivity index (χ4v) is 3.62. The van der Waals surface area contributed by atoms with Gasteiger partial charge in [-0.05, 0) is 26.0 Å². The first-order valence-corrected chi connectivity index (χ1v) is 9.98. The summed E-state index contributed by atoms with van der Waals surface area (Å²) < 4.78 is 24.3. The Balaban J connectivity index is 2.14. The lowest BCUT2D eigenvalue weighted by atomic mass is 9.95. The topological polar surface area (TPSA) is 72.8 Å². The molecule has 1 aliphatic rings. The highest BCUT2D eigenvalue weighted by Gasteiger charge is 2.34. The number of nitrogens with one attached hydrogen (secondary N) is 1. The van der Waals surface area contributed by atoms with Crippen LogP contribution in [0.25, 0.3) is 0 Å². The maximum atomic E-state index is 13.6. The number of hydrogen-bond acceptors (Lipinski definition) is 7. The van der Waals surface area contributed by atoms with Crippen molar-refractivity contribution in [2.24, 2.45) is 4.99 Å². The Labute approximate surface area is 171 Å². The number of benzene rings is 1. The Kier molecular flexibility index (Phi) is 6.77. The third-order valence-corrected chi connectivity index (χ3v) is 5.07. The van der Waals surface area contributed by atoms with Gasteiger partial charge in [0, 0.05) is 28.8 Å². The molecule has 0 saturated carbocycles. The number of carbonyl (C=O) groups excluding carboxylic acids is 1. The molecular formula is C19H19ClFN3O3S. The number of aromatic nitrogens is 1. The number of hydrogen-bond donors (Lipinski definition) is 1. The Morgan fingerprint density at radius 3 is 2.82 bits per heavy atom. The van der Waals surface area contributed by atoms with Gasteiger partial charge in [0.15, 0.2) is 10.8 Å². The minimum absolute atomic E-state index is 0.157. The zero-order valence-electron chi connectivity index (χ0n) is 15.4. The maximum absolute atomic E-state index is 13.6. The van der Waals surface area contributed by atoms with Gasteiger partial charge in [-0.15, -0.1) is 11.3 Å². The molecule has 0 radical (unpaired) electrons. The number of halogens is 2. The monoisotopic (exact) mass is 423 g/mol. The van der Waals surface area contributed by atoms with Crippen molar-refractivity contribution in [2.45, 2.75) is 19.9 Å². The van der Waals surface area contributed by atoms with Crippen LogP contribution < -0.4 is 5.32 Å². The van der Waals surface area contributed by atoms with Crippen molar-refractivity contribution in [1.29, 1.82) is 0 Å². The molecule has 6 nitrogen and oxygen atoms in total. The summed E-state index contributed by atoms with van der Waals surface area (Å²) in [5.41, 5.74) is 1.30. The summed E-state index contributed by atoms with van der Waals surface area (Å²) in [5.74, 6) is -0.511. The average molecular weight is 424 g/mol. The van der Waals surface area contributed by atoms with Crippen molar-refractivity contribution < 1.29 is 18.7 Å².